The second kappa shape index (κ2) is 7.75. The lowest BCUT2D eigenvalue weighted by Crippen LogP contribution is -2.21. The van der Waals surface area contributed by atoms with Gasteiger partial charge in [-0.1, -0.05) is 68.4 Å². The average molecular weight is 401 g/mol. The zero-order valence-electron chi connectivity index (χ0n) is 17.3. The highest BCUT2D eigenvalue weighted by Gasteiger charge is 2.39. The summed E-state index contributed by atoms with van der Waals surface area (Å²) in [7, 11) is 0. The average Bonchev–Trinajstić information content (AvgIpc) is 3.07. The maximum atomic E-state index is 13.6. The molecule has 0 unspecified atom stereocenters. The highest BCUT2D eigenvalue weighted by molar-refractivity contribution is 6.31. The molecule has 1 aliphatic rings. The molecule has 0 bridgehead atoms. The number of hydrogen-bond acceptors (Lipinski definition) is 4. The number of carbonyl (C=O) groups excluding carboxylic acids is 3. The molecule has 4 rings (SSSR count). The molecule has 5 nitrogen and oxygen atoms in total. The Bertz CT molecular complexity index is 1160. The lowest BCUT2D eigenvalue weighted by molar-refractivity contribution is 0.0979. The zero-order chi connectivity index (χ0) is 21.4. The van der Waals surface area contributed by atoms with Gasteiger partial charge in [0.05, 0.1) is 23.4 Å². The van der Waals surface area contributed by atoms with E-state index >= 15 is 0 Å². The molecule has 152 valence electrons. The van der Waals surface area contributed by atoms with Crippen molar-refractivity contribution in [3.05, 3.63) is 82.5 Å². The molecule has 1 aliphatic carbocycles. The Morgan fingerprint density at radius 3 is 2.03 bits per heavy atom. The Hall–Kier alpha value is -3.47. The fraction of sp³-hybridized carbons (Fsp3) is 0.240. The molecule has 30 heavy (non-hydrogen) atoms. The molecule has 1 aromatic heterocycles. The van der Waals surface area contributed by atoms with Gasteiger partial charge in [-0.2, -0.15) is 0 Å². The second-order valence-corrected chi connectivity index (χ2v) is 7.75. The van der Waals surface area contributed by atoms with Crippen LogP contribution in [0.4, 0.5) is 4.79 Å². The van der Waals surface area contributed by atoms with Gasteiger partial charge in [0.1, 0.15) is 0 Å². The largest absolute Gasteiger partial charge is 0.449 e. The molecule has 0 amide bonds. The highest BCUT2D eigenvalue weighted by atomic mass is 16.5. The van der Waals surface area contributed by atoms with Crippen LogP contribution in [0.5, 0.6) is 0 Å². The zero-order valence-corrected chi connectivity index (χ0v) is 17.3. The third-order valence-electron chi connectivity index (χ3n) is 5.24. The maximum Gasteiger partial charge on any atom is 0.418 e. The van der Waals surface area contributed by atoms with E-state index in [0.29, 0.717) is 40.1 Å². The van der Waals surface area contributed by atoms with Gasteiger partial charge in [0.15, 0.2) is 11.6 Å². The van der Waals surface area contributed by atoms with Gasteiger partial charge in [-0.3, -0.25) is 9.59 Å². The number of rotatable bonds is 4. The van der Waals surface area contributed by atoms with Gasteiger partial charge in [0, 0.05) is 16.8 Å². The molecule has 0 saturated heterocycles. The topological polar surface area (TPSA) is 65.4 Å². The third kappa shape index (κ3) is 3.07. The van der Waals surface area contributed by atoms with Gasteiger partial charge in [-0.15, -0.1) is 0 Å². The van der Waals surface area contributed by atoms with Gasteiger partial charge < -0.3 is 4.74 Å². The fourth-order valence-corrected chi connectivity index (χ4v) is 4.07. The van der Waals surface area contributed by atoms with Crippen molar-refractivity contribution in [1.29, 1.82) is 0 Å². The smallest absolute Gasteiger partial charge is 0.418 e. The van der Waals surface area contributed by atoms with Crippen LogP contribution in [0.15, 0.2) is 54.6 Å². The van der Waals surface area contributed by atoms with Gasteiger partial charge in [-0.05, 0) is 24.8 Å². The van der Waals surface area contributed by atoms with Crippen LogP contribution in [0.2, 0.25) is 0 Å². The summed E-state index contributed by atoms with van der Waals surface area (Å²) in [6.07, 6.45) is -0.110. The van der Waals surface area contributed by atoms with E-state index in [-0.39, 0.29) is 29.7 Å². The van der Waals surface area contributed by atoms with E-state index in [4.69, 9.17) is 4.74 Å². The van der Waals surface area contributed by atoms with Crippen molar-refractivity contribution < 1.29 is 19.1 Å². The van der Waals surface area contributed by atoms with Gasteiger partial charge in [0.2, 0.25) is 0 Å². The van der Waals surface area contributed by atoms with Crippen LogP contribution in [-0.4, -0.2) is 28.8 Å². The van der Waals surface area contributed by atoms with Crippen LogP contribution in [0, 0.1) is 5.92 Å². The predicted molar refractivity (Wildman–Crippen MR) is 114 cm³/mol. The molecule has 1 heterocycles. The summed E-state index contributed by atoms with van der Waals surface area (Å²) in [6.45, 7) is 5.96. The fourth-order valence-electron chi connectivity index (χ4n) is 4.07. The molecular formula is C25H23NO4. The third-order valence-corrected chi connectivity index (χ3v) is 5.24. The number of aromatic nitrogens is 1. The molecule has 0 atom stereocenters. The number of hydrogen-bond donors (Lipinski definition) is 0. The van der Waals surface area contributed by atoms with E-state index in [1.54, 1.807) is 31.2 Å². The van der Waals surface area contributed by atoms with Crippen LogP contribution in [-0.2, 0) is 11.2 Å². The molecule has 0 fully saturated rings. The Morgan fingerprint density at radius 1 is 0.900 bits per heavy atom. The number of ether oxygens (including phenoxy) is 1. The molecular weight excluding hydrogens is 378 g/mol. The van der Waals surface area contributed by atoms with Crippen LogP contribution >= 0.6 is 0 Å². The summed E-state index contributed by atoms with van der Waals surface area (Å²) in [6, 6.07) is 16.0. The Morgan fingerprint density at radius 2 is 1.47 bits per heavy atom. The number of nitrogens with zero attached hydrogens (tertiary/aromatic N) is 1. The first-order chi connectivity index (χ1) is 14.5. The lowest BCUT2D eigenvalue weighted by Gasteiger charge is -2.16. The van der Waals surface area contributed by atoms with E-state index in [1.165, 1.54) is 4.57 Å². The van der Waals surface area contributed by atoms with Crippen molar-refractivity contribution in [2.24, 2.45) is 5.92 Å². The molecule has 0 aliphatic heterocycles. The quantitative estimate of drug-likeness (QED) is 0.475. The Labute approximate surface area is 175 Å². The molecule has 0 radical (unpaired) electrons. The van der Waals surface area contributed by atoms with Crippen molar-refractivity contribution in [1.82, 2.24) is 4.57 Å². The first kappa shape index (κ1) is 19.8. The summed E-state index contributed by atoms with van der Waals surface area (Å²) >= 11 is 0. The number of fused-ring (bicyclic) bond motifs is 2. The number of carbonyl (C=O) groups is 3. The van der Waals surface area contributed by atoms with Gasteiger partial charge >= 0.3 is 6.09 Å². The number of ketones is 2. The predicted octanol–water partition coefficient (Wildman–Crippen LogP) is 5.13. The van der Waals surface area contributed by atoms with Crippen LogP contribution in [0.1, 0.15) is 58.3 Å². The normalized spacial score (nSPS) is 12.7. The molecule has 5 heteroatoms. The summed E-state index contributed by atoms with van der Waals surface area (Å²) < 4.78 is 6.77. The van der Waals surface area contributed by atoms with Crippen LogP contribution in [0.25, 0.3) is 11.3 Å². The molecule has 0 saturated carbocycles. The van der Waals surface area contributed by atoms with Crippen molar-refractivity contribution in [2.75, 3.05) is 6.61 Å². The van der Waals surface area contributed by atoms with E-state index in [9.17, 15) is 14.4 Å². The minimum atomic E-state index is -0.578. The minimum absolute atomic E-state index is 0.167. The van der Waals surface area contributed by atoms with Crippen molar-refractivity contribution in [3.8, 4) is 11.3 Å². The number of benzene rings is 2. The standard InChI is InChI=1S/C25H23NO4/c1-4-30-25(29)26-19(14-15(2)3)20-21(22(26)16-10-6-5-7-11-16)24(28)18-13-9-8-12-17(18)23(20)27/h5-13,15H,4,14H2,1-3H3. The maximum absolute atomic E-state index is 13.6. The second-order valence-electron chi connectivity index (χ2n) is 7.75. The highest BCUT2D eigenvalue weighted by Crippen LogP contribution is 2.39. The molecule has 0 spiro atoms. The summed E-state index contributed by atoms with van der Waals surface area (Å²) in [5, 5.41) is 0. The van der Waals surface area contributed by atoms with E-state index in [1.807, 2.05) is 44.2 Å². The van der Waals surface area contributed by atoms with E-state index in [2.05, 4.69) is 0 Å². The molecule has 0 N–H and O–H groups in total. The lowest BCUT2D eigenvalue weighted by atomic mass is 9.82. The first-order valence-electron chi connectivity index (χ1n) is 10.1. The SMILES string of the molecule is CCOC(=O)n1c(CC(C)C)c2c(c1-c1ccccc1)C(=O)c1ccccc1C2=O. The van der Waals surface area contributed by atoms with E-state index < -0.39 is 6.09 Å². The molecule has 3 aromatic rings. The van der Waals surface area contributed by atoms with Gasteiger partial charge in [0.25, 0.3) is 0 Å². The Balaban J connectivity index is 2.12. The van der Waals surface area contributed by atoms with Gasteiger partial charge in [-0.25, -0.2) is 9.36 Å². The molecule has 2 aromatic carbocycles. The van der Waals surface area contributed by atoms with E-state index in [0.717, 1.165) is 0 Å². The van der Waals surface area contributed by atoms with Crippen LogP contribution < -0.4 is 0 Å². The monoisotopic (exact) mass is 401 g/mol. The first-order valence-corrected chi connectivity index (χ1v) is 10.1. The van der Waals surface area contributed by atoms with Crippen molar-refractivity contribution in [2.45, 2.75) is 27.2 Å². The van der Waals surface area contributed by atoms with Crippen LogP contribution in [0.3, 0.4) is 0 Å². The summed E-state index contributed by atoms with van der Waals surface area (Å²) in [5.41, 5.74) is 2.99. The Kier molecular flexibility index (Phi) is 5.12. The van der Waals surface area contributed by atoms with Crippen molar-refractivity contribution in [3.63, 3.8) is 0 Å². The summed E-state index contributed by atoms with van der Waals surface area (Å²) in [4.78, 5) is 40.1. The van der Waals surface area contributed by atoms with Crippen molar-refractivity contribution >= 4 is 17.7 Å². The summed E-state index contributed by atoms with van der Waals surface area (Å²) in [5.74, 6) is -0.302. The minimum Gasteiger partial charge on any atom is -0.449 e.